The van der Waals surface area contributed by atoms with Crippen LogP contribution in [0.25, 0.3) is 25.6 Å². The summed E-state index contributed by atoms with van der Waals surface area (Å²) in [6, 6.07) is 15.1. The number of carbonyl (C=O) groups is 1. The summed E-state index contributed by atoms with van der Waals surface area (Å²) in [4.78, 5) is 21.8. The summed E-state index contributed by atoms with van der Waals surface area (Å²) < 4.78 is 3.55. The van der Waals surface area contributed by atoms with Gasteiger partial charge in [-0.1, -0.05) is 41.1 Å². The number of rotatable bonds is 3. The molecule has 0 aliphatic heterocycles. The minimum absolute atomic E-state index is 0.276. The van der Waals surface area contributed by atoms with Gasteiger partial charge in [0.2, 0.25) is 5.13 Å². The van der Waals surface area contributed by atoms with E-state index in [1.807, 2.05) is 43.3 Å². The summed E-state index contributed by atoms with van der Waals surface area (Å²) in [6.45, 7) is 1.87. The summed E-state index contributed by atoms with van der Waals surface area (Å²) in [7, 11) is 0. The molecule has 0 bridgehead atoms. The van der Waals surface area contributed by atoms with Gasteiger partial charge in [0.1, 0.15) is 11.3 Å². The average molecular weight is 426 g/mol. The number of amides is 1. The van der Waals surface area contributed by atoms with Crippen LogP contribution < -0.4 is 5.32 Å². The van der Waals surface area contributed by atoms with Crippen LogP contribution in [0.3, 0.4) is 0 Å². The van der Waals surface area contributed by atoms with Gasteiger partial charge in [-0.15, -0.1) is 11.3 Å². The molecule has 0 spiro atoms. The van der Waals surface area contributed by atoms with Crippen molar-refractivity contribution in [3.05, 3.63) is 64.3 Å². The SMILES string of the molecule is Cc1cc(NC(=O)c2nc3ccccc3s2)n(-c2nc3c(Cl)cccc3s2)n1. The van der Waals surface area contributed by atoms with Crippen LogP contribution in [0.4, 0.5) is 5.82 Å². The van der Waals surface area contributed by atoms with Crippen LogP contribution >= 0.6 is 34.3 Å². The molecule has 0 atom stereocenters. The van der Waals surface area contributed by atoms with Gasteiger partial charge in [-0.25, -0.2) is 9.97 Å². The molecule has 138 valence electrons. The Morgan fingerprint density at radius 2 is 1.89 bits per heavy atom. The third kappa shape index (κ3) is 2.95. The maximum absolute atomic E-state index is 12.8. The van der Waals surface area contributed by atoms with E-state index in [1.165, 1.54) is 22.7 Å². The van der Waals surface area contributed by atoms with E-state index in [4.69, 9.17) is 11.6 Å². The monoisotopic (exact) mass is 425 g/mol. The Balaban J connectivity index is 1.52. The number of anilines is 1. The average Bonchev–Trinajstić information content (AvgIpc) is 3.38. The highest BCUT2D eigenvalue weighted by molar-refractivity contribution is 7.21. The number of para-hydroxylation sites is 2. The highest BCUT2D eigenvalue weighted by atomic mass is 35.5. The van der Waals surface area contributed by atoms with Crippen molar-refractivity contribution >= 4 is 66.4 Å². The molecule has 0 fully saturated rings. The Kier molecular flexibility index (Phi) is 4.12. The van der Waals surface area contributed by atoms with Gasteiger partial charge in [0.15, 0.2) is 5.01 Å². The first-order chi connectivity index (χ1) is 13.6. The number of aryl methyl sites for hydroxylation is 1. The Bertz CT molecular complexity index is 1320. The normalized spacial score (nSPS) is 11.4. The van der Waals surface area contributed by atoms with Crippen molar-refractivity contribution in [2.75, 3.05) is 5.32 Å². The molecule has 0 aliphatic carbocycles. The molecule has 0 aliphatic rings. The predicted octanol–water partition coefficient (Wildman–Crippen LogP) is 5.31. The van der Waals surface area contributed by atoms with Crippen LogP contribution in [0.5, 0.6) is 0 Å². The zero-order valence-electron chi connectivity index (χ0n) is 14.5. The number of benzene rings is 2. The van der Waals surface area contributed by atoms with E-state index in [0.29, 0.717) is 21.0 Å². The summed E-state index contributed by atoms with van der Waals surface area (Å²) in [5, 5.41) is 9.02. The molecule has 28 heavy (non-hydrogen) atoms. The quantitative estimate of drug-likeness (QED) is 0.425. The fourth-order valence-corrected chi connectivity index (χ4v) is 4.96. The molecule has 3 heterocycles. The number of nitrogens with one attached hydrogen (secondary N) is 1. The van der Waals surface area contributed by atoms with Crippen molar-refractivity contribution in [1.82, 2.24) is 19.7 Å². The van der Waals surface area contributed by atoms with Crippen LogP contribution in [0.2, 0.25) is 5.02 Å². The number of halogens is 1. The summed E-state index contributed by atoms with van der Waals surface area (Å²) >= 11 is 9.06. The second-order valence-electron chi connectivity index (χ2n) is 6.11. The number of aromatic nitrogens is 4. The van der Waals surface area contributed by atoms with Gasteiger partial charge < -0.3 is 5.32 Å². The van der Waals surface area contributed by atoms with Crippen LogP contribution in [-0.4, -0.2) is 25.7 Å². The van der Waals surface area contributed by atoms with Crippen molar-refractivity contribution < 1.29 is 4.79 Å². The van der Waals surface area contributed by atoms with Gasteiger partial charge in [0, 0.05) is 6.07 Å². The molecular formula is C19H12ClN5OS2. The minimum Gasteiger partial charge on any atom is -0.304 e. The van der Waals surface area contributed by atoms with Gasteiger partial charge in [-0.05, 0) is 31.2 Å². The first-order valence-corrected chi connectivity index (χ1v) is 10.4. The van der Waals surface area contributed by atoms with Crippen LogP contribution in [0, 0.1) is 6.92 Å². The van der Waals surface area contributed by atoms with E-state index < -0.39 is 0 Å². The lowest BCUT2D eigenvalue weighted by molar-refractivity contribution is 0.102. The highest BCUT2D eigenvalue weighted by Gasteiger charge is 2.18. The maximum atomic E-state index is 12.8. The Morgan fingerprint density at radius 1 is 1.07 bits per heavy atom. The number of nitrogens with zero attached hydrogens (tertiary/aromatic N) is 4. The largest absolute Gasteiger partial charge is 0.304 e. The van der Waals surface area contributed by atoms with Crippen molar-refractivity contribution in [1.29, 1.82) is 0 Å². The van der Waals surface area contributed by atoms with Gasteiger partial charge in [-0.2, -0.15) is 9.78 Å². The summed E-state index contributed by atoms with van der Waals surface area (Å²) in [5.41, 5.74) is 2.30. The molecule has 1 amide bonds. The van der Waals surface area contributed by atoms with E-state index >= 15 is 0 Å². The number of carbonyl (C=O) groups excluding carboxylic acids is 1. The summed E-state index contributed by atoms with van der Waals surface area (Å²) in [6.07, 6.45) is 0. The molecule has 0 unspecified atom stereocenters. The van der Waals surface area contributed by atoms with E-state index in [9.17, 15) is 4.79 Å². The molecule has 0 radical (unpaired) electrons. The zero-order valence-corrected chi connectivity index (χ0v) is 16.9. The van der Waals surface area contributed by atoms with Gasteiger partial charge in [0.05, 0.1) is 25.6 Å². The van der Waals surface area contributed by atoms with Crippen LogP contribution in [-0.2, 0) is 0 Å². The number of thiazole rings is 2. The van der Waals surface area contributed by atoms with Crippen molar-refractivity contribution in [3.63, 3.8) is 0 Å². The van der Waals surface area contributed by atoms with Crippen LogP contribution in [0.15, 0.2) is 48.5 Å². The number of hydrogen-bond acceptors (Lipinski definition) is 6. The van der Waals surface area contributed by atoms with Gasteiger partial charge in [-0.3, -0.25) is 4.79 Å². The molecule has 0 saturated heterocycles. The number of hydrogen-bond donors (Lipinski definition) is 1. The molecule has 5 aromatic rings. The molecule has 6 nitrogen and oxygen atoms in total. The topological polar surface area (TPSA) is 72.7 Å². The maximum Gasteiger partial charge on any atom is 0.285 e. The zero-order chi connectivity index (χ0) is 19.3. The van der Waals surface area contributed by atoms with Crippen molar-refractivity contribution in [3.8, 4) is 5.13 Å². The molecule has 5 rings (SSSR count). The van der Waals surface area contributed by atoms with E-state index in [1.54, 1.807) is 16.8 Å². The Hall–Kier alpha value is -2.81. The van der Waals surface area contributed by atoms with E-state index in [0.717, 1.165) is 26.1 Å². The van der Waals surface area contributed by atoms with Gasteiger partial charge >= 0.3 is 0 Å². The molecule has 3 aromatic heterocycles. The van der Waals surface area contributed by atoms with E-state index in [-0.39, 0.29) is 5.91 Å². The molecule has 9 heteroatoms. The molecule has 2 aromatic carbocycles. The minimum atomic E-state index is -0.276. The Morgan fingerprint density at radius 3 is 2.71 bits per heavy atom. The smallest absolute Gasteiger partial charge is 0.285 e. The lowest BCUT2D eigenvalue weighted by atomic mass is 10.3. The second kappa shape index (κ2) is 6.66. The second-order valence-corrected chi connectivity index (χ2v) is 8.55. The fourth-order valence-electron chi connectivity index (χ4n) is 2.87. The lowest BCUT2D eigenvalue weighted by Gasteiger charge is -2.04. The Labute approximate surface area is 172 Å². The molecule has 1 N–H and O–H groups in total. The van der Waals surface area contributed by atoms with Gasteiger partial charge in [0.25, 0.3) is 5.91 Å². The first-order valence-electron chi connectivity index (χ1n) is 8.37. The molecular weight excluding hydrogens is 414 g/mol. The predicted molar refractivity (Wildman–Crippen MR) is 114 cm³/mol. The van der Waals surface area contributed by atoms with Crippen LogP contribution in [0.1, 0.15) is 15.5 Å². The number of fused-ring (bicyclic) bond motifs is 2. The third-order valence-corrected chi connectivity index (χ3v) is 6.44. The van der Waals surface area contributed by atoms with Crippen molar-refractivity contribution in [2.45, 2.75) is 6.92 Å². The van der Waals surface area contributed by atoms with Crippen molar-refractivity contribution in [2.24, 2.45) is 0 Å². The molecule has 0 saturated carbocycles. The summed E-state index contributed by atoms with van der Waals surface area (Å²) in [5.74, 6) is 0.262. The lowest BCUT2D eigenvalue weighted by Crippen LogP contribution is -2.14. The highest BCUT2D eigenvalue weighted by Crippen LogP contribution is 2.31. The van der Waals surface area contributed by atoms with E-state index in [2.05, 4.69) is 20.4 Å². The first kappa shape index (κ1) is 17.3. The fraction of sp³-hybridized carbons (Fsp3) is 0.0526. The third-order valence-electron chi connectivity index (χ3n) is 4.10. The standard InChI is InChI=1S/C19H12ClN5OS2/c1-10-9-15(22-17(26)18-21-12-6-2-3-7-13(12)27-18)25(24-10)19-23-16-11(20)5-4-8-14(16)28-19/h2-9H,1H3,(H,22,26).